The molecule has 0 saturated carbocycles. The molecule has 1 aromatic rings. The normalized spacial score (nSPS) is 17.8. The van der Waals surface area contributed by atoms with Gasteiger partial charge in [0.25, 0.3) is 0 Å². The molecule has 3 rings (SSSR count). The fourth-order valence-corrected chi connectivity index (χ4v) is 5.31. The van der Waals surface area contributed by atoms with Crippen molar-refractivity contribution in [2.24, 2.45) is 0 Å². The summed E-state index contributed by atoms with van der Waals surface area (Å²) in [6.45, 7) is 4.58. The molecule has 0 bridgehead atoms. The standard InChI is InChI=1S/C23H36N4O7S/c1-32-19-6-5-18(22(33-2)23(19)34-3)17-24-9-11-25(12-10-24)20(28)7-8-21(29)26-13-15-27(16-14-26)35(4,30)31/h5-6H,7-17H2,1-4H3. The summed E-state index contributed by atoms with van der Waals surface area (Å²) in [5.41, 5.74) is 0.978. The fourth-order valence-electron chi connectivity index (χ4n) is 4.48. The number of carbonyl (C=O) groups is 2. The van der Waals surface area contributed by atoms with Crippen LogP contribution in [0.4, 0.5) is 0 Å². The van der Waals surface area contributed by atoms with Crippen LogP contribution in [0.2, 0.25) is 0 Å². The van der Waals surface area contributed by atoms with E-state index in [0.717, 1.165) is 5.56 Å². The van der Waals surface area contributed by atoms with Gasteiger partial charge in [-0.3, -0.25) is 14.5 Å². The molecule has 11 nitrogen and oxygen atoms in total. The molecule has 0 radical (unpaired) electrons. The van der Waals surface area contributed by atoms with Crippen LogP contribution in [-0.2, 0) is 26.2 Å². The first-order valence-electron chi connectivity index (χ1n) is 11.7. The Labute approximate surface area is 207 Å². The molecule has 0 N–H and O–H groups in total. The Morgan fingerprint density at radius 3 is 1.74 bits per heavy atom. The molecule has 35 heavy (non-hydrogen) atoms. The molecule has 1 aromatic carbocycles. The van der Waals surface area contributed by atoms with Gasteiger partial charge in [0, 0.05) is 77.3 Å². The first kappa shape index (κ1) is 27.0. The second-order valence-electron chi connectivity index (χ2n) is 8.69. The van der Waals surface area contributed by atoms with Crippen molar-refractivity contribution in [3.8, 4) is 17.2 Å². The topological polar surface area (TPSA) is 109 Å². The van der Waals surface area contributed by atoms with Crippen molar-refractivity contribution in [2.75, 3.05) is 79.9 Å². The predicted molar refractivity (Wildman–Crippen MR) is 130 cm³/mol. The van der Waals surface area contributed by atoms with E-state index in [-0.39, 0.29) is 24.7 Å². The Morgan fingerprint density at radius 2 is 1.29 bits per heavy atom. The summed E-state index contributed by atoms with van der Waals surface area (Å²) >= 11 is 0. The number of benzene rings is 1. The fraction of sp³-hybridized carbons (Fsp3) is 0.652. The smallest absolute Gasteiger partial charge is 0.223 e. The van der Waals surface area contributed by atoms with Crippen molar-refractivity contribution in [1.82, 2.24) is 19.0 Å². The van der Waals surface area contributed by atoms with E-state index in [9.17, 15) is 18.0 Å². The molecule has 196 valence electrons. The van der Waals surface area contributed by atoms with Gasteiger partial charge in [-0.15, -0.1) is 0 Å². The van der Waals surface area contributed by atoms with E-state index in [4.69, 9.17) is 14.2 Å². The van der Waals surface area contributed by atoms with Crippen LogP contribution in [0, 0.1) is 0 Å². The zero-order valence-electron chi connectivity index (χ0n) is 21.0. The average molecular weight is 513 g/mol. The molecule has 2 fully saturated rings. The highest BCUT2D eigenvalue weighted by Gasteiger charge is 2.27. The van der Waals surface area contributed by atoms with E-state index in [1.807, 2.05) is 12.1 Å². The van der Waals surface area contributed by atoms with E-state index in [2.05, 4.69) is 4.90 Å². The Bertz CT molecular complexity index is 1000. The number of hydrogen-bond donors (Lipinski definition) is 0. The van der Waals surface area contributed by atoms with Gasteiger partial charge in [0.1, 0.15) is 0 Å². The van der Waals surface area contributed by atoms with Crippen LogP contribution in [0.5, 0.6) is 17.2 Å². The van der Waals surface area contributed by atoms with Crippen LogP contribution in [-0.4, -0.2) is 119 Å². The van der Waals surface area contributed by atoms with Crippen LogP contribution in [0.15, 0.2) is 12.1 Å². The molecule has 2 amide bonds. The zero-order valence-corrected chi connectivity index (χ0v) is 21.8. The summed E-state index contributed by atoms with van der Waals surface area (Å²) in [5, 5.41) is 0. The highest BCUT2D eigenvalue weighted by molar-refractivity contribution is 7.88. The summed E-state index contributed by atoms with van der Waals surface area (Å²) in [4.78, 5) is 30.9. The maximum absolute atomic E-state index is 12.7. The summed E-state index contributed by atoms with van der Waals surface area (Å²) in [6, 6.07) is 3.81. The molecule has 2 aliphatic heterocycles. The molecule has 2 heterocycles. The van der Waals surface area contributed by atoms with Gasteiger partial charge in [-0.05, 0) is 6.07 Å². The van der Waals surface area contributed by atoms with E-state index >= 15 is 0 Å². The lowest BCUT2D eigenvalue weighted by molar-refractivity contribution is -0.138. The van der Waals surface area contributed by atoms with Crippen LogP contribution in [0.25, 0.3) is 0 Å². The molecule has 0 aromatic heterocycles. The lowest BCUT2D eigenvalue weighted by atomic mass is 10.1. The van der Waals surface area contributed by atoms with Crippen molar-refractivity contribution < 1.29 is 32.2 Å². The van der Waals surface area contributed by atoms with Crippen LogP contribution in [0.3, 0.4) is 0 Å². The molecule has 0 aliphatic carbocycles. The quantitative estimate of drug-likeness (QED) is 0.463. The number of carbonyl (C=O) groups excluding carboxylic acids is 2. The van der Waals surface area contributed by atoms with Gasteiger partial charge in [0.15, 0.2) is 11.5 Å². The minimum Gasteiger partial charge on any atom is -0.493 e. The minimum atomic E-state index is -3.24. The monoisotopic (exact) mass is 512 g/mol. The number of rotatable bonds is 9. The van der Waals surface area contributed by atoms with Crippen molar-refractivity contribution >= 4 is 21.8 Å². The van der Waals surface area contributed by atoms with Gasteiger partial charge < -0.3 is 24.0 Å². The maximum atomic E-state index is 12.7. The third-order valence-corrected chi connectivity index (χ3v) is 7.82. The van der Waals surface area contributed by atoms with E-state index in [1.165, 1.54) is 10.6 Å². The summed E-state index contributed by atoms with van der Waals surface area (Å²) < 4.78 is 41.0. The van der Waals surface area contributed by atoms with Crippen molar-refractivity contribution in [3.05, 3.63) is 17.7 Å². The van der Waals surface area contributed by atoms with E-state index in [0.29, 0.717) is 76.2 Å². The number of ether oxygens (including phenoxy) is 3. The lowest BCUT2D eigenvalue weighted by Crippen LogP contribution is -2.50. The summed E-state index contributed by atoms with van der Waals surface area (Å²) in [6.07, 6.45) is 1.47. The van der Waals surface area contributed by atoms with Gasteiger partial charge in [-0.25, -0.2) is 8.42 Å². The molecule has 2 aliphatic rings. The molecule has 0 spiro atoms. The molecule has 0 unspecified atom stereocenters. The predicted octanol–water partition coefficient (Wildman–Crippen LogP) is 0.241. The van der Waals surface area contributed by atoms with Crippen molar-refractivity contribution in [2.45, 2.75) is 19.4 Å². The number of methoxy groups -OCH3 is 3. The first-order chi connectivity index (χ1) is 16.7. The Kier molecular flexibility index (Phi) is 9.20. The molecule has 12 heteroatoms. The molecular weight excluding hydrogens is 476 g/mol. The molecule has 0 atom stereocenters. The first-order valence-corrected chi connectivity index (χ1v) is 13.5. The zero-order chi connectivity index (χ0) is 25.6. The third kappa shape index (κ3) is 6.77. The SMILES string of the molecule is COc1ccc(CN2CCN(C(=O)CCC(=O)N3CCN(S(C)(=O)=O)CC3)CC2)c(OC)c1OC. The van der Waals surface area contributed by atoms with Crippen molar-refractivity contribution in [3.63, 3.8) is 0 Å². The van der Waals surface area contributed by atoms with Gasteiger partial charge in [-0.1, -0.05) is 6.07 Å². The van der Waals surface area contributed by atoms with Gasteiger partial charge in [-0.2, -0.15) is 4.31 Å². The maximum Gasteiger partial charge on any atom is 0.223 e. The number of nitrogens with zero attached hydrogens (tertiary/aromatic N) is 4. The number of amides is 2. The lowest BCUT2D eigenvalue weighted by Gasteiger charge is -2.35. The average Bonchev–Trinajstić information content (AvgIpc) is 2.86. The van der Waals surface area contributed by atoms with Crippen LogP contribution < -0.4 is 14.2 Å². The number of piperazine rings is 2. The summed E-state index contributed by atoms with van der Waals surface area (Å²) in [5.74, 6) is 1.67. The van der Waals surface area contributed by atoms with Crippen LogP contribution in [0.1, 0.15) is 18.4 Å². The van der Waals surface area contributed by atoms with E-state index in [1.54, 1.807) is 31.1 Å². The largest absolute Gasteiger partial charge is 0.493 e. The van der Waals surface area contributed by atoms with Gasteiger partial charge in [0.05, 0.1) is 27.6 Å². The van der Waals surface area contributed by atoms with E-state index < -0.39 is 10.0 Å². The molecular formula is C23H36N4O7S. The Balaban J connectivity index is 1.45. The second kappa shape index (κ2) is 11.9. The van der Waals surface area contributed by atoms with Crippen LogP contribution >= 0.6 is 0 Å². The van der Waals surface area contributed by atoms with Gasteiger partial charge >= 0.3 is 0 Å². The summed E-state index contributed by atoms with van der Waals surface area (Å²) in [7, 11) is 1.52. The van der Waals surface area contributed by atoms with Gasteiger partial charge in [0.2, 0.25) is 27.6 Å². The van der Waals surface area contributed by atoms with Crippen molar-refractivity contribution in [1.29, 1.82) is 0 Å². The molecule has 2 saturated heterocycles. The Morgan fingerprint density at radius 1 is 0.771 bits per heavy atom. The Hall–Kier alpha value is -2.57. The second-order valence-corrected chi connectivity index (χ2v) is 10.7. The highest BCUT2D eigenvalue weighted by atomic mass is 32.2. The minimum absolute atomic E-state index is 0.0310. The number of sulfonamides is 1. The third-order valence-electron chi connectivity index (χ3n) is 6.52. The highest BCUT2D eigenvalue weighted by Crippen LogP contribution is 2.40. The number of hydrogen-bond acceptors (Lipinski definition) is 8.